The zero-order valence-electron chi connectivity index (χ0n) is 15.8. The zero-order valence-corrected chi connectivity index (χ0v) is 15.8. The van der Waals surface area contributed by atoms with Gasteiger partial charge in [0.05, 0.1) is 0 Å². The third kappa shape index (κ3) is 4.80. The molecule has 0 fully saturated rings. The van der Waals surface area contributed by atoms with Crippen LogP contribution in [0.5, 0.6) is 0 Å². The Morgan fingerprint density at radius 2 is 0.857 bits per heavy atom. The number of nitrogens with one attached hydrogen (secondary N) is 1. The van der Waals surface area contributed by atoms with Gasteiger partial charge in [0.25, 0.3) is 0 Å². The van der Waals surface area contributed by atoms with E-state index in [0.717, 1.165) is 29.9 Å². The summed E-state index contributed by atoms with van der Waals surface area (Å²) < 4.78 is 0. The summed E-state index contributed by atoms with van der Waals surface area (Å²) >= 11 is 0. The molecule has 138 valence electrons. The number of nitrogen functional groups attached to an aromatic ring is 1. The maximum atomic E-state index is 5.75. The Labute approximate surface area is 166 Å². The summed E-state index contributed by atoms with van der Waals surface area (Å²) in [7, 11) is 0. The summed E-state index contributed by atoms with van der Waals surface area (Å²) in [5.74, 6) is 0. The minimum absolute atomic E-state index is 0.804. The smallest absolute Gasteiger partial charge is 0.0384 e. The van der Waals surface area contributed by atoms with Gasteiger partial charge in [-0.15, -0.1) is 0 Å². The van der Waals surface area contributed by atoms with Gasteiger partial charge >= 0.3 is 0 Å². The third-order valence-corrected chi connectivity index (χ3v) is 4.84. The van der Waals surface area contributed by atoms with Crippen LogP contribution >= 0.6 is 0 Å². The van der Waals surface area contributed by atoms with E-state index in [1.54, 1.807) is 0 Å². The lowest BCUT2D eigenvalue weighted by atomic mass is 10.0. The summed E-state index contributed by atoms with van der Waals surface area (Å²) in [4.78, 5) is 0. The second kappa shape index (κ2) is 8.45. The van der Waals surface area contributed by atoms with Gasteiger partial charge < -0.3 is 11.1 Å². The van der Waals surface area contributed by atoms with Crippen LogP contribution in [-0.4, -0.2) is 0 Å². The predicted molar refractivity (Wildman–Crippen MR) is 119 cm³/mol. The highest BCUT2D eigenvalue weighted by Crippen LogP contribution is 2.20. The molecule has 0 unspecified atom stereocenters. The summed E-state index contributed by atoms with van der Waals surface area (Å²) in [6.45, 7) is 0. The van der Waals surface area contributed by atoms with Crippen molar-refractivity contribution in [2.75, 3.05) is 11.1 Å². The molecule has 0 radical (unpaired) electrons. The van der Waals surface area contributed by atoms with E-state index >= 15 is 0 Å². The first-order valence-electron chi connectivity index (χ1n) is 9.58. The highest BCUT2D eigenvalue weighted by molar-refractivity contribution is 5.60. The molecule has 0 aromatic heterocycles. The fourth-order valence-corrected chi connectivity index (χ4v) is 3.28. The Morgan fingerprint density at radius 1 is 0.464 bits per heavy atom. The highest BCUT2D eigenvalue weighted by Gasteiger charge is 2.00. The molecule has 0 aliphatic carbocycles. The first-order chi connectivity index (χ1) is 13.7. The number of anilines is 3. The molecule has 0 spiro atoms. The molecular formula is C26H24N2. The van der Waals surface area contributed by atoms with Crippen molar-refractivity contribution in [3.63, 3.8) is 0 Å². The summed E-state index contributed by atoms with van der Waals surface area (Å²) in [5, 5.41) is 3.48. The van der Waals surface area contributed by atoms with Crippen molar-refractivity contribution in [3.8, 4) is 0 Å². The molecular weight excluding hydrogens is 340 g/mol. The molecule has 0 amide bonds. The lowest BCUT2D eigenvalue weighted by Crippen LogP contribution is -1.93. The number of rotatable bonds is 6. The monoisotopic (exact) mass is 364 g/mol. The van der Waals surface area contributed by atoms with Gasteiger partial charge in [-0.3, -0.25) is 0 Å². The van der Waals surface area contributed by atoms with Gasteiger partial charge in [0, 0.05) is 17.1 Å². The Kier molecular flexibility index (Phi) is 5.39. The molecule has 0 aliphatic heterocycles. The topological polar surface area (TPSA) is 38.0 Å². The molecule has 28 heavy (non-hydrogen) atoms. The van der Waals surface area contributed by atoms with Crippen molar-refractivity contribution in [2.24, 2.45) is 0 Å². The predicted octanol–water partition coefficient (Wildman–Crippen LogP) is 6.19. The van der Waals surface area contributed by atoms with E-state index < -0.39 is 0 Å². The van der Waals surface area contributed by atoms with E-state index in [2.05, 4.69) is 96.3 Å². The van der Waals surface area contributed by atoms with Crippen molar-refractivity contribution in [3.05, 3.63) is 125 Å². The summed E-state index contributed by atoms with van der Waals surface area (Å²) in [5.41, 5.74) is 14.0. The Balaban J connectivity index is 1.36. The molecule has 0 atom stereocenters. The summed E-state index contributed by atoms with van der Waals surface area (Å²) in [6, 6.07) is 35.9. The van der Waals surface area contributed by atoms with Crippen LogP contribution in [0.3, 0.4) is 0 Å². The minimum atomic E-state index is 0.804. The first-order valence-corrected chi connectivity index (χ1v) is 9.58. The number of nitrogens with two attached hydrogens (primary N) is 1. The van der Waals surface area contributed by atoms with E-state index in [0.29, 0.717) is 0 Å². The van der Waals surface area contributed by atoms with Crippen LogP contribution in [0, 0.1) is 0 Å². The molecule has 3 N–H and O–H groups in total. The van der Waals surface area contributed by atoms with Crippen LogP contribution in [0.25, 0.3) is 0 Å². The molecule has 0 heterocycles. The van der Waals surface area contributed by atoms with Gasteiger partial charge in [-0.25, -0.2) is 0 Å². The lowest BCUT2D eigenvalue weighted by Gasteiger charge is -2.09. The van der Waals surface area contributed by atoms with Crippen LogP contribution in [0.1, 0.15) is 22.3 Å². The van der Waals surface area contributed by atoms with Crippen LogP contribution in [-0.2, 0) is 12.8 Å². The summed E-state index contributed by atoms with van der Waals surface area (Å²) in [6.07, 6.45) is 1.87. The average molecular weight is 364 g/mol. The first kappa shape index (κ1) is 17.9. The molecule has 0 bridgehead atoms. The minimum Gasteiger partial charge on any atom is -0.399 e. The van der Waals surface area contributed by atoms with Crippen molar-refractivity contribution in [2.45, 2.75) is 12.8 Å². The number of hydrogen-bond acceptors (Lipinski definition) is 2. The second-order valence-corrected chi connectivity index (χ2v) is 7.10. The van der Waals surface area contributed by atoms with Crippen LogP contribution in [0.4, 0.5) is 17.1 Å². The average Bonchev–Trinajstić information content (AvgIpc) is 2.73. The molecule has 2 heteroatoms. The molecule has 0 saturated carbocycles. The van der Waals surface area contributed by atoms with Gasteiger partial charge in [0.1, 0.15) is 0 Å². The molecule has 4 aromatic carbocycles. The second-order valence-electron chi connectivity index (χ2n) is 7.10. The van der Waals surface area contributed by atoms with E-state index in [1.807, 2.05) is 12.1 Å². The van der Waals surface area contributed by atoms with Gasteiger partial charge in [-0.2, -0.15) is 0 Å². The standard InChI is InChI=1S/C26H24N2/c27-24-12-6-21(7-13-24)19-23-10-16-26(17-11-23)28-25-14-8-22(9-15-25)18-20-4-2-1-3-5-20/h1-17,28H,18-19,27H2. The number of benzene rings is 4. The maximum absolute atomic E-state index is 5.75. The van der Waals surface area contributed by atoms with Crippen molar-refractivity contribution >= 4 is 17.1 Å². The van der Waals surface area contributed by atoms with Crippen LogP contribution in [0.2, 0.25) is 0 Å². The Bertz CT molecular complexity index is 1000. The molecule has 0 aliphatic rings. The fourth-order valence-electron chi connectivity index (χ4n) is 3.28. The Morgan fingerprint density at radius 3 is 1.32 bits per heavy atom. The van der Waals surface area contributed by atoms with Crippen LogP contribution in [0.15, 0.2) is 103 Å². The zero-order chi connectivity index (χ0) is 19.2. The quantitative estimate of drug-likeness (QED) is 0.400. The van der Waals surface area contributed by atoms with Crippen LogP contribution < -0.4 is 11.1 Å². The SMILES string of the molecule is Nc1ccc(Cc2ccc(Nc3ccc(Cc4ccccc4)cc3)cc2)cc1. The molecule has 2 nitrogen and oxygen atoms in total. The van der Waals surface area contributed by atoms with E-state index in [1.165, 1.54) is 22.3 Å². The van der Waals surface area contributed by atoms with Gasteiger partial charge in [-0.05, 0) is 71.5 Å². The van der Waals surface area contributed by atoms with Crippen molar-refractivity contribution in [1.82, 2.24) is 0 Å². The largest absolute Gasteiger partial charge is 0.399 e. The van der Waals surface area contributed by atoms with Gasteiger partial charge in [0.15, 0.2) is 0 Å². The van der Waals surface area contributed by atoms with Gasteiger partial charge in [-0.1, -0.05) is 66.7 Å². The van der Waals surface area contributed by atoms with Crippen molar-refractivity contribution < 1.29 is 0 Å². The molecule has 0 saturated heterocycles. The fraction of sp³-hybridized carbons (Fsp3) is 0.0769. The van der Waals surface area contributed by atoms with E-state index in [9.17, 15) is 0 Å². The van der Waals surface area contributed by atoms with Gasteiger partial charge in [0.2, 0.25) is 0 Å². The maximum Gasteiger partial charge on any atom is 0.0384 e. The van der Waals surface area contributed by atoms with E-state index in [-0.39, 0.29) is 0 Å². The van der Waals surface area contributed by atoms with Crippen molar-refractivity contribution in [1.29, 1.82) is 0 Å². The lowest BCUT2D eigenvalue weighted by molar-refractivity contribution is 1.19. The third-order valence-electron chi connectivity index (χ3n) is 4.84. The van der Waals surface area contributed by atoms with E-state index in [4.69, 9.17) is 5.73 Å². The molecule has 4 rings (SSSR count). The number of hydrogen-bond donors (Lipinski definition) is 2. The molecule has 4 aromatic rings. The Hall–Kier alpha value is -3.52. The normalized spacial score (nSPS) is 10.6. The highest BCUT2D eigenvalue weighted by atomic mass is 14.9.